The van der Waals surface area contributed by atoms with Crippen molar-refractivity contribution in [2.24, 2.45) is 17.0 Å². The van der Waals surface area contributed by atoms with Crippen LogP contribution in [0.2, 0.25) is 0 Å². The lowest BCUT2D eigenvalue weighted by molar-refractivity contribution is -0.137. The molecule has 1 unspecified atom stereocenters. The first-order valence-electron chi connectivity index (χ1n) is 17.8. The summed E-state index contributed by atoms with van der Waals surface area (Å²) in [5, 5.41) is 23.5. The number of aliphatic hydroxyl groups is 1. The van der Waals surface area contributed by atoms with Crippen LogP contribution in [0.4, 0.5) is 5.69 Å². The number of benzene rings is 3. The van der Waals surface area contributed by atoms with E-state index < -0.39 is 29.8 Å². The van der Waals surface area contributed by atoms with E-state index in [1.807, 2.05) is 20.8 Å². The largest absolute Gasteiger partial charge is 0.511 e. The van der Waals surface area contributed by atoms with Crippen molar-refractivity contribution in [3.05, 3.63) is 118 Å². The molecule has 1 aliphatic carbocycles. The highest BCUT2D eigenvalue weighted by molar-refractivity contribution is 9.10. The highest BCUT2D eigenvalue weighted by atomic mass is 79.9. The highest BCUT2D eigenvalue weighted by Crippen LogP contribution is 2.45. The average molecular weight is 817 g/mol. The van der Waals surface area contributed by atoms with Gasteiger partial charge in [-0.1, -0.05) is 33.4 Å². The second kappa shape index (κ2) is 16.6. The van der Waals surface area contributed by atoms with E-state index in [1.165, 1.54) is 6.08 Å². The van der Waals surface area contributed by atoms with Gasteiger partial charge in [-0.25, -0.2) is 14.4 Å². The summed E-state index contributed by atoms with van der Waals surface area (Å²) in [6, 6.07) is 1.57. The third-order valence-electron chi connectivity index (χ3n) is 10.3. The van der Waals surface area contributed by atoms with Gasteiger partial charge < -0.3 is 24.4 Å². The van der Waals surface area contributed by atoms with Crippen molar-refractivity contribution in [1.82, 2.24) is 0 Å². The van der Waals surface area contributed by atoms with Gasteiger partial charge in [0.1, 0.15) is 28.9 Å². The van der Waals surface area contributed by atoms with Crippen LogP contribution in [0.1, 0.15) is 108 Å². The van der Waals surface area contributed by atoms with Crippen LogP contribution >= 0.6 is 15.9 Å². The predicted octanol–water partition coefficient (Wildman–Crippen LogP) is 10.5. The quantitative estimate of drug-likeness (QED) is 0.108. The Morgan fingerprint density at radius 2 is 1.35 bits per heavy atom. The molecule has 0 bridgehead atoms. The fourth-order valence-electron chi connectivity index (χ4n) is 7.04. The normalized spacial score (nSPS) is 14.0. The molecule has 0 aliphatic heterocycles. The molecule has 290 valence electrons. The molecule has 0 saturated heterocycles. The summed E-state index contributed by atoms with van der Waals surface area (Å²) in [7, 11) is 0. The average Bonchev–Trinajstić information content (AvgIpc) is 3.09. The molecule has 1 atom stereocenters. The molecular weight excluding hydrogens is 770 g/mol. The number of carboxylic acids is 1. The SMILES string of the molecule is C=C1C=C(O)C(C(=O)Oc2c(C)c(C)c(C(=O)Oc3cc(C)c(C(=O)Oc4c(C)c(C)c(C(=O)O)c(C)c4C)c(C)c3CC(C)C)c(N=O)c2Br)C(CC)=C1. The van der Waals surface area contributed by atoms with Gasteiger partial charge in [0.15, 0.2) is 5.75 Å². The van der Waals surface area contributed by atoms with E-state index >= 15 is 0 Å². The third-order valence-corrected chi connectivity index (χ3v) is 11.0. The second-order valence-electron chi connectivity index (χ2n) is 14.3. The van der Waals surface area contributed by atoms with E-state index in [9.17, 15) is 34.3 Å². The number of aryl methyl sites for hydroxylation is 1. The molecular formula is C43H46BrNO10. The zero-order chi connectivity index (χ0) is 41.4. The Morgan fingerprint density at radius 1 is 0.800 bits per heavy atom. The molecule has 2 N–H and O–H groups in total. The van der Waals surface area contributed by atoms with Crippen molar-refractivity contribution < 1.29 is 43.6 Å². The minimum Gasteiger partial charge on any atom is -0.511 e. The van der Waals surface area contributed by atoms with Gasteiger partial charge in [-0.2, -0.15) is 0 Å². The molecule has 4 rings (SSSR count). The van der Waals surface area contributed by atoms with Crippen molar-refractivity contribution in [2.75, 3.05) is 0 Å². The fourth-order valence-corrected chi connectivity index (χ4v) is 7.69. The van der Waals surface area contributed by atoms with Crippen LogP contribution < -0.4 is 14.2 Å². The summed E-state index contributed by atoms with van der Waals surface area (Å²) < 4.78 is 17.7. The van der Waals surface area contributed by atoms with Crippen LogP contribution in [0.5, 0.6) is 17.2 Å². The maximum atomic E-state index is 14.1. The third kappa shape index (κ3) is 8.05. The number of ether oxygens (including phenoxy) is 3. The molecule has 1 aliphatic rings. The maximum absolute atomic E-state index is 14.1. The Morgan fingerprint density at radius 3 is 1.87 bits per heavy atom. The number of esters is 3. The highest BCUT2D eigenvalue weighted by Gasteiger charge is 2.34. The molecule has 0 amide bonds. The zero-order valence-corrected chi connectivity index (χ0v) is 34.6. The molecule has 3 aromatic rings. The number of carboxylic acid groups (broad SMARTS) is 1. The molecule has 12 heteroatoms. The lowest BCUT2D eigenvalue weighted by atomic mass is 9.88. The van der Waals surface area contributed by atoms with Crippen molar-refractivity contribution >= 4 is 45.5 Å². The standard InChI is InChI=1S/C43H46BrNO10/c1-13-28-15-19(4)16-30(46)35(28)43(51)55-39-26(11)23(8)34(37(45-52)36(39)44)42(50)53-31-17-20(5)32(27(12)29(31)14-18(2)3)41(49)54-38-24(9)21(6)33(40(47)48)22(7)25(38)10/h15-18,35,46H,4,13-14H2,1-3,5-12H3,(H,47,48). The Hall–Kier alpha value is -5.36. The summed E-state index contributed by atoms with van der Waals surface area (Å²) >= 11 is 3.33. The number of allylic oxidation sites excluding steroid dienone is 3. The number of nitroso groups, excluding NO2 is 1. The minimum atomic E-state index is -1.08. The molecule has 0 spiro atoms. The summed E-state index contributed by atoms with van der Waals surface area (Å²) in [5.74, 6) is -4.21. The van der Waals surface area contributed by atoms with Crippen molar-refractivity contribution in [3.8, 4) is 17.2 Å². The fraction of sp³-hybridized carbons (Fsp3) is 0.349. The van der Waals surface area contributed by atoms with Crippen molar-refractivity contribution in [3.63, 3.8) is 0 Å². The van der Waals surface area contributed by atoms with E-state index in [0.29, 0.717) is 68.5 Å². The number of carbonyl (C=O) groups is 4. The summed E-state index contributed by atoms with van der Waals surface area (Å²) in [5.41, 5.74) is 5.33. The predicted molar refractivity (Wildman–Crippen MR) is 213 cm³/mol. The summed E-state index contributed by atoms with van der Waals surface area (Å²) in [6.07, 6.45) is 3.95. The molecule has 11 nitrogen and oxygen atoms in total. The van der Waals surface area contributed by atoms with Gasteiger partial charge in [0.05, 0.1) is 21.2 Å². The van der Waals surface area contributed by atoms with Crippen LogP contribution in [0.3, 0.4) is 0 Å². The Balaban J connectivity index is 1.75. The van der Waals surface area contributed by atoms with E-state index in [0.717, 1.165) is 0 Å². The van der Waals surface area contributed by atoms with Gasteiger partial charge in [-0.3, -0.25) is 4.79 Å². The van der Waals surface area contributed by atoms with E-state index in [4.69, 9.17) is 14.2 Å². The summed E-state index contributed by atoms with van der Waals surface area (Å²) in [4.78, 5) is 65.7. The molecule has 55 heavy (non-hydrogen) atoms. The van der Waals surface area contributed by atoms with Gasteiger partial charge in [0.25, 0.3) is 0 Å². The molecule has 0 fully saturated rings. The number of hydrogen-bond acceptors (Lipinski definition) is 10. The van der Waals surface area contributed by atoms with Crippen molar-refractivity contribution in [2.45, 2.75) is 89.0 Å². The Kier molecular flexibility index (Phi) is 12.8. The Bertz CT molecular complexity index is 2230. The molecule has 0 saturated carbocycles. The van der Waals surface area contributed by atoms with Crippen LogP contribution in [0.15, 0.2) is 51.4 Å². The number of aliphatic hydroxyl groups excluding tert-OH is 1. The van der Waals surface area contributed by atoms with Gasteiger partial charge in [-0.15, -0.1) is 4.91 Å². The van der Waals surface area contributed by atoms with Gasteiger partial charge in [0, 0.05) is 0 Å². The minimum absolute atomic E-state index is 0.0372. The lowest BCUT2D eigenvalue weighted by Crippen LogP contribution is -2.26. The molecule has 0 radical (unpaired) electrons. The van der Waals surface area contributed by atoms with Gasteiger partial charge >= 0.3 is 23.9 Å². The second-order valence-corrected chi connectivity index (χ2v) is 15.1. The molecule has 0 heterocycles. The maximum Gasteiger partial charge on any atom is 0.346 e. The number of rotatable bonds is 11. The number of nitrogens with zero attached hydrogens (tertiary/aromatic N) is 1. The van der Waals surface area contributed by atoms with E-state index in [1.54, 1.807) is 67.5 Å². The zero-order valence-electron chi connectivity index (χ0n) is 33.0. The van der Waals surface area contributed by atoms with Crippen molar-refractivity contribution in [1.29, 1.82) is 0 Å². The monoisotopic (exact) mass is 815 g/mol. The van der Waals surface area contributed by atoms with Crippen LogP contribution in [-0.4, -0.2) is 34.1 Å². The van der Waals surface area contributed by atoms with Crippen LogP contribution in [0.25, 0.3) is 0 Å². The number of hydrogen-bond donors (Lipinski definition) is 2. The summed E-state index contributed by atoms with van der Waals surface area (Å²) in [6.45, 7) is 23.0. The van der Waals surface area contributed by atoms with E-state index in [-0.39, 0.29) is 61.3 Å². The van der Waals surface area contributed by atoms with Crippen LogP contribution in [-0.2, 0) is 11.2 Å². The molecule has 3 aromatic carbocycles. The number of carbonyl (C=O) groups excluding carboxylic acids is 3. The Labute approximate surface area is 329 Å². The smallest absolute Gasteiger partial charge is 0.346 e. The number of aromatic carboxylic acids is 1. The first kappa shape index (κ1) is 42.4. The first-order valence-corrected chi connectivity index (χ1v) is 18.6. The van der Waals surface area contributed by atoms with Gasteiger partial charge in [-0.05, 0) is 169 Å². The van der Waals surface area contributed by atoms with Gasteiger partial charge in [0.2, 0.25) is 0 Å². The topological polar surface area (TPSA) is 166 Å². The number of halogens is 1. The van der Waals surface area contributed by atoms with E-state index in [2.05, 4.69) is 27.7 Å². The molecule has 0 aromatic heterocycles. The first-order chi connectivity index (χ1) is 25.7. The lowest BCUT2D eigenvalue weighted by Gasteiger charge is -2.23. The van der Waals surface area contributed by atoms with Crippen LogP contribution in [0, 0.1) is 72.1 Å².